The monoisotopic (exact) mass is 370 g/mol. The summed E-state index contributed by atoms with van der Waals surface area (Å²) < 4.78 is 16.0. The van der Waals surface area contributed by atoms with Crippen molar-refractivity contribution in [1.82, 2.24) is 0 Å². The maximum absolute atomic E-state index is 12.1. The molecule has 0 heterocycles. The summed E-state index contributed by atoms with van der Waals surface area (Å²) in [6.45, 7) is 5.47. The fourth-order valence-corrected chi connectivity index (χ4v) is 2.43. The van der Waals surface area contributed by atoms with E-state index in [9.17, 15) is 9.90 Å². The minimum absolute atomic E-state index is 0.126. The highest BCUT2D eigenvalue weighted by atomic mass is 16.5. The van der Waals surface area contributed by atoms with E-state index in [1.165, 1.54) is 18.4 Å². The zero-order valence-electron chi connectivity index (χ0n) is 15.4. The summed E-state index contributed by atoms with van der Waals surface area (Å²) in [4.78, 5) is 12.1. The number of hydrogen-bond acceptors (Lipinski definition) is 5. The van der Waals surface area contributed by atoms with Gasteiger partial charge < -0.3 is 19.3 Å². The Bertz CT molecular complexity index is 692. The Hall–Kier alpha value is -2.79. The van der Waals surface area contributed by atoms with E-state index < -0.39 is 5.97 Å². The van der Waals surface area contributed by atoms with Crippen LogP contribution in [0.15, 0.2) is 61.4 Å². The lowest BCUT2D eigenvalue weighted by Gasteiger charge is -2.07. The smallest absolute Gasteiger partial charge is 0.343 e. The molecule has 5 nitrogen and oxygen atoms in total. The van der Waals surface area contributed by atoms with Crippen molar-refractivity contribution in [1.29, 1.82) is 0 Å². The molecule has 0 aliphatic heterocycles. The van der Waals surface area contributed by atoms with Crippen LogP contribution in [-0.2, 0) is 16.1 Å². The third kappa shape index (κ3) is 7.96. The van der Waals surface area contributed by atoms with Gasteiger partial charge in [0.05, 0.1) is 25.0 Å². The summed E-state index contributed by atoms with van der Waals surface area (Å²) >= 11 is 0. The van der Waals surface area contributed by atoms with Crippen molar-refractivity contribution >= 4 is 5.97 Å². The number of unbranched alkanes of at least 4 members (excludes halogenated alkanes) is 3. The highest BCUT2D eigenvalue weighted by Crippen LogP contribution is 2.17. The van der Waals surface area contributed by atoms with Crippen LogP contribution >= 0.6 is 0 Å². The molecule has 0 saturated carbocycles. The van der Waals surface area contributed by atoms with Crippen molar-refractivity contribution < 1.29 is 24.1 Å². The molecule has 0 aliphatic rings. The van der Waals surface area contributed by atoms with Crippen molar-refractivity contribution in [2.45, 2.75) is 32.3 Å². The minimum atomic E-state index is -0.436. The van der Waals surface area contributed by atoms with Gasteiger partial charge in [-0.1, -0.05) is 25.1 Å². The first-order chi connectivity index (χ1) is 13.2. The Morgan fingerprint density at radius 2 is 1.59 bits per heavy atom. The molecule has 144 valence electrons. The van der Waals surface area contributed by atoms with Crippen LogP contribution in [0.5, 0.6) is 11.5 Å². The largest absolute Gasteiger partial charge is 0.508 e. The number of esters is 1. The van der Waals surface area contributed by atoms with Crippen LogP contribution in [0.3, 0.4) is 0 Å². The second-order valence-electron chi connectivity index (χ2n) is 6.08. The van der Waals surface area contributed by atoms with Gasteiger partial charge in [0.15, 0.2) is 0 Å². The van der Waals surface area contributed by atoms with Gasteiger partial charge in [0.2, 0.25) is 0 Å². The van der Waals surface area contributed by atoms with Gasteiger partial charge in [-0.25, -0.2) is 4.79 Å². The van der Waals surface area contributed by atoms with E-state index in [1.807, 2.05) is 12.1 Å². The summed E-state index contributed by atoms with van der Waals surface area (Å²) in [7, 11) is 0. The number of hydrogen-bond donors (Lipinski definition) is 1. The molecule has 27 heavy (non-hydrogen) atoms. The fourth-order valence-electron chi connectivity index (χ4n) is 2.43. The molecule has 0 aliphatic carbocycles. The first-order valence-electron chi connectivity index (χ1n) is 9.09. The Labute approximate surface area is 160 Å². The SMILES string of the molecule is C=COCCCCCCOCc1ccc(C(=O)Oc2ccc(O)cc2)cc1. The first kappa shape index (κ1) is 20.5. The fraction of sp³-hybridized carbons (Fsp3) is 0.318. The van der Waals surface area contributed by atoms with Gasteiger partial charge in [0.25, 0.3) is 0 Å². The van der Waals surface area contributed by atoms with Crippen LogP contribution < -0.4 is 4.74 Å². The third-order valence-corrected chi connectivity index (χ3v) is 3.92. The second kappa shape index (κ2) is 11.8. The Kier molecular flexibility index (Phi) is 8.93. The van der Waals surface area contributed by atoms with E-state index in [-0.39, 0.29) is 5.75 Å². The lowest BCUT2D eigenvalue weighted by molar-refractivity contribution is 0.0734. The van der Waals surface area contributed by atoms with Crippen LogP contribution in [0, 0.1) is 0 Å². The zero-order valence-corrected chi connectivity index (χ0v) is 15.4. The lowest BCUT2D eigenvalue weighted by Crippen LogP contribution is -2.08. The molecule has 0 aromatic heterocycles. The Morgan fingerprint density at radius 3 is 2.26 bits per heavy atom. The topological polar surface area (TPSA) is 65.0 Å². The zero-order chi connectivity index (χ0) is 19.3. The average molecular weight is 370 g/mol. The number of phenols is 1. The average Bonchev–Trinajstić information content (AvgIpc) is 2.69. The van der Waals surface area contributed by atoms with Crippen LogP contribution in [0.2, 0.25) is 0 Å². The molecule has 0 fully saturated rings. The van der Waals surface area contributed by atoms with Gasteiger partial charge in [-0.05, 0) is 61.2 Å². The molecule has 0 amide bonds. The van der Waals surface area contributed by atoms with Gasteiger partial charge in [-0.15, -0.1) is 0 Å². The predicted molar refractivity (Wildman–Crippen MR) is 104 cm³/mol. The lowest BCUT2D eigenvalue weighted by atomic mass is 10.1. The van der Waals surface area contributed by atoms with Gasteiger partial charge in [-0.2, -0.15) is 0 Å². The number of phenolic OH excluding ortho intramolecular Hbond substituents is 1. The standard InChI is InChI=1S/C22H26O5/c1-2-25-15-5-3-4-6-16-26-17-18-7-9-19(10-8-18)22(24)27-21-13-11-20(23)12-14-21/h2,7-14,23H,1,3-6,15-17H2. The molecule has 0 bridgehead atoms. The minimum Gasteiger partial charge on any atom is -0.508 e. The second-order valence-corrected chi connectivity index (χ2v) is 6.08. The molecular formula is C22H26O5. The van der Waals surface area contributed by atoms with Crippen molar-refractivity contribution in [3.05, 3.63) is 72.5 Å². The molecule has 2 aromatic carbocycles. The Morgan fingerprint density at radius 1 is 0.926 bits per heavy atom. The number of aromatic hydroxyl groups is 1. The van der Waals surface area contributed by atoms with Crippen LogP contribution in [0.4, 0.5) is 0 Å². The molecule has 0 unspecified atom stereocenters. The molecule has 5 heteroatoms. The van der Waals surface area contributed by atoms with Gasteiger partial charge in [-0.3, -0.25) is 0 Å². The highest BCUT2D eigenvalue weighted by Gasteiger charge is 2.08. The summed E-state index contributed by atoms with van der Waals surface area (Å²) in [5, 5.41) is 9.24. The summed E-state index contributed by atoms with van der Waals surface area (Å²) in [5.41, 5.74) is 1.48. The van der Waals surface area contributed by atoms with E-state index >= 15 is 0 Å². The van der Waals surface area contributed by atoms with Crippen LogP contribution in [0.25, 0.3) is 0 Å². The van der Waals surface area contributed by atoms with E-state index in [1.54, 1.807) is 24.3 Å². The summed E-state index contributed by atoms with van der Waals surface area (Å²) in [6.07, 6.45) is 5.76. The highest BCUT2D eigenvalue weighted by molar-refractivity contribution is 5.91. The molecule has 2 aromatic rings. The quantitative estimate of drug-likeness (QED) is 0.250. The molecule has 0 saturated heterocycles. The molecule has 0 radical (unpaired) electrons. The molecule has 0 atom stereocenters. The first-order valence-corrected chi connectivity index (χ1v) is 9.09. The summed E-state index contributed by atoms with van der Waals surface area (Å²) in [5.74, 6) is 0.0794. The van der Waals surface area contributed by atoms with E-state index in [4.69, 9.17) is 14.2 Å². The van der Waals surface area contributed by atoms with Crippen molar-refractivity contribution in [2.75, 3.05) is 13.2 Å². The third-order valence-electron chi connectivity index (χ3n) is 3.92. The Balaban J connectivity index is 1.65. The van der Waals surface area contributed by atoms with Crippen molar-refractivity contribution in [3.8, 4) is 11.5 Å². The normalized spacial score (nSPS) is 10.4. The number of benzene rings is 2. The predicted octanol–water partition coefficient (Wildman–Crippen LogP) is 4.85. The number of ether oxygens (including phenoxy) is 3. The van der Waals surface area contributed by atoms with E-state index in [0.29, 0.717) is 24.5 Å². The summed E-state index contributed by atoms with van der Waals surface area (Å²) in [6, 6.07) is 13.2. The molecule has 0 spiro atoms. The van der Waals surface area contributed by atoms with Gasteiger partial charge in [0.1, 0.15) is 11.5 Å². The maximum Gasteiger partial charge on any atom is 0.343 e. The number of carbonyl (C=O) groups is 1. The molecule has 1 N–H and O–H groups in total. The van der Waals surface area contributed by atoms with Gasteiger partial charge >= 0.3 is 5.97 Å². The van der Waals surface area contributed by atoms with Crippen molar-refractivity contribution in [3.63, 3.8) is 0 Å². The van der Waals surface area contributed by atoms with Crippen LogP contribution in [0.1, 0.15) is 41.6 Å². The number of carbonyl (C=O) groups excluding carboxylic acids is 1. The maximum atomic E-state index is 12.1. The van der Waals surface area contributed by atoms with E-state index in [2.05, 4.69) is 6.58 Å². The van der Waals surface area contributed by atoms with Crippen molar-refractivity contribution in [2.24, 2.45) is 0 Å². The number of rotatable bonds is 12. The van der Waals surface area contributed by atoms with Gasteiger partial charge in [0, 0.05) is 6.61 Å². The van der Waals surface area contributed by atoms with Crippen LogP contribution in [-0.4, -0.2) is 24.3 Å². The van der Waals surface area contributed by atoms with E-state index in [0.717, 1.165) is 37.9 Å². The molecule has 2 rings (SSSR count). The molecular weight excluding hydrogens is 344 g/mol.